The van der Waals surface area contributed by atoms with E-state index in [1.807, 2.05) is 12.1 Å². The summed E-state index contributed by atoms with van der Waals surface area (Å²) in [5.74, 6) is 5.90. The van der Waals surface area contributed by atoms with Crippen LogP contribution < -0.4 is 0 Å². The molecule has 0 amide bonds. The van der Waals surface area contributed by atoms with Crippen LogP contribution >= 0.6 is 0 Å². The van der Waals surface area contributed by atoms with Crippen molar-refractivity contribution >= 4 is 0 Å². The zero-order chi connectivity index (χ0) is 25.7. The average Bonchev–Trinajstić information content (AvgIpc) is 2.96. The Balaban J connectivity index is 1.03. The summed E-state index contributed by atoms with van der Waals surface area (Å²) in [6.45, 7) is 1.98. The molecule has 0 N–H and O–H groups in total. The first-order valence-electron chi connectivity index (χ1n) is 16.9. The highest BCUT2D eigenvalue weighted by Crippen LogP contribution is 2.44. The van der Waals surface area contributed by atoms with Gasteiger partial charge in [-0.25, -0.2) is 4.39 Å². The predicted octanol–water partition coefficient (Wildman–Crippen LogP) is 12.0. The van der Waals surface area contributed by atoms with Crippen LogP contribution in [-0.2, 0) is 6.67 Å². The Morgan fingerprint density at radius 1 is 0.541 bits per heavy atom. The Kier molecular flexibility index (Phi) is 12.8. The molecular formula is C36H59F. The van der Waals surface area contributed by atoms with Gasteiger partial charge in [0.1, 0.15) is 6.67 Å². The van der Waals surface area contributed by atoms with Crippen molar-refractivity contribution in [2.75, 3.05) is 0 Å². The summed E-state index contributed by atoms with van der Waals surface area (Å²) < 4.78 is 12.8. The number of hydrogen-bond donors (Lipinski definition) is 0. The highest BCUT2D eigenvalue weighted by atomic mass is 19.1. The number of rotatable bonds is 14. The first-order chi connectivity index (χ1) is 18.2. The first kappa shape index (κ1) is 29.1. The number of unbranched alkanes of at least 4 members (excludes halogenated alkanes) is 6. The molecule has 0 aliphatic heterocycles. The van der Waals surface area contributed by atoms with E-state index in [9.17, 15) is 4.39 Å². The molecule has 3 fully saturated rings. The van der Waals surface area contributed by atoms with Crippen molar-refractivity contribution in [3.63, 3.8) is 0 Å². The second-order valence-corrected chi connectivity index (χ2v) is 13.6. The van der Waals surface area contributed by atoms with Gasteiger partial charge < -0.3 is 0 Å². The van der Waals surface area contributed by atoms with Gasteiger partial charge in [-0.1, -0.05) is 121 Å². The first-order valence-corrected chi connectivity index (χ1v) is 16.9. The summed E-state index contributed by atoms with van der Waals surface area (Å²) in [6, 6.07) is 8.34. The lowest BCUT2D eigenvalue weighted by Crippen LogP contribution is -2.26. The van der Waals surface area contributed by atoms with Gasteiger partial charge in [-0.3, -0.25) is 0 Å². The molecule has 0 heterocycles. The maximum absolute atomic E-state index is 12.8. The molecule has 0 bridgehead atoms. The third-order valence-corrected chi connectivity index (χ3v) is 11.1. The zero-order valence-electron chi connectivity index (χ0n) is 24.4. The van der Waals surface area contributed by atoms with Gasteiger partial charge in [0, 0.05) is 0 Å². The van der Waals surface area contributed by atoms with Crippen molar-refractivity contribution < 1.29 is 4.39 Å². The van der Waals surface area contributed by atoms with Gasteiger partial charge >= 0.3 is 0 Å². The second-order valence-electron chi connectivity index (χ2n) is 13.6. The lowest BCUT2D eigenvalue weighted by atomic mass is 9.67. The van der Waals surface area contributed by atoms with Crippen LogP contribution in [0.1, 0.15) is 165 Å². The third-order valence-electron chi connectivity index (χ3n) is 11.1. The average molecular weight is 511 g/mol. The lowest BCUT2D eigenvalue weighted by molar-refractivity contribution is 0.136. The molecule has 1 aromatic carbocycles. The minimum Gasteiger partial charge on any atom is -0.246 e. The molecule has 1 aromatic rings. The van der Waals surface area contributed by atoms with Gasteiger partial charge in [-0.15, -0.1) is 0 Å². The Bertz CT molecular complexity index is 699. The molecule has 3 saturated carbocycles. The van der Waals surface area contributed by atoms with Gasteiger partial charge in [0.2, 0.25) is 0 Å². The second kappa shape index (κ2) is 16.3. The van der Waals surface area contributed by atoms with Crippen molar-refractivity contribution in [2.45, 2.75) is 161 Å². The molecule has 0 nitrogen and oxygen atoms in total. The van der Waals surface area contributed by atoms with Crippen LogP contribution in [0.5, 0.6) is 0 Å². The molecule has 3 aliphatic rings. The predicted molar refractivity (Wildman–Crippen MR) is 159 cm³/mol. The van der Waals surface area contributed by atoms with Gasteiger partial charge in [0.15, 0.2) is 0 Å². The van der Waals surface area contributed by atoms with E-state index in [-0.39, 0.29) is 6.67 Å². The molecule has 4 rings (SSSR count). The summed E-state index contributed by atoms with van der Waals surface area (Å²) in [4.78, 5) is 0. The molecular weight excluding hydrogens is 451 g/mol. The maximum Gasteiger partial charge on any atom is 0.115 e. The zero-order valence-corrected chi connectivity index (χ0v) is 24.4. The fraction of sp³-hybridized carbons (Fsp3) is 0.833. The van der Waals surface area contributed by atoms with Crippen molar-refractivity contribution in [2.24, 2.45) is 29.6 Å². The molecule has 210 valence electrons. The summed E-state index contributed by atoms with van der Waals surface area (Å²) in [5, 5.41) is 0. The smallest absolute Gasteiger partial charge is 0.115 e. The van der Waals surface area contributed by atoms with Crippen molar-refractivity contribution in [3.8, 4) is 0 Å². The topological polar surface area (TPSA) is 0 Å². The van der Waals surface area contributed by atoms with Crippen molar-refractivity contribution in [1.82, 2.24) is 0 Å². The van der Waals surface area contributed by atoms with E-state index in [1.54, 1.807) is 38.5 Å². The normalized spacial score (nSPS) is 30.9. The number of benzene rings is 1. The quantitative estimate of drug-likeness (QED) is 0.218. The van der Waals surface area contributed by atoms with Gasteiger partial charge in [-0.2, -0.15) is 0 Å². The molecule has 0 unspecified atom stereocenters. The van der Waals surface area contributed by atoms with Crippen LogP contribution in [0, 0.1) is 29.6 Å². The minimum atomic E-state index is -0.338. The monoisotopic (exact) mass is 510 g/mol. The highest BCUT2D eigenvalue weighted by Gasteiger charge is 2.31. The van der Waals surface area contributed by atoms with Crippen LogP contribution in [0.25, 0.3) is 0 Å². The van der Waals surface area contributed by atoms with E-state index in [0.717, 1.165) is 35.2 Å². The number of alkyl halides is 1. The fourth-order valence-electron chi connectivity index (χ4n) is 8.42. The van der Waals surface area contributed by atoms with Crippen LogP contribution in [0.15, 0.2) is 24.3 Å². The molecule has 37 heavy (non-hydrogen) atoms. The largest absolute Gasteiger partial charge is 0.246 e. The highest BCUT2D eigenvalue weighted by molar-refractivity contribution is 5.25. The van der Waals surface area contributed by atoms with E-state index in [4.69, 9.17) is 0 Å². The SMILES string of the molecule is CCCCCCCCC[C@H]1CC[C@H](C2CCC(CC[C@H]3CC[C@H](c4ccc(CF)cc4)CC3)CC2)CC1. The Labute approximate surface area is 230 Å². The van der Waals surface area contributed by atoms with Crippen molar-refractivity contribution in [3.05, 3.63) is 35.4 Å². The van der Waals surface area contributed by atoms with E-state index in [2.05, 4.69) is 19.1 Å². The fourth-order valence-corrected chi connectivity index (χ4v) is 8.42. The van der Waals surface area contributed by atoms with Crippen molar-refractivity contribution in [1.29, 1.82) is 0 Å². The van der Waals surface area contributed by atoms with E-state index >= 15 is 0 Å². The van der Waals surface area contributed by atoms with Gasteiger partial charge in [0.05, 0.1) is 0 Å². The standard InChI is InChI=1S/C36H59F/c1-2-3-4-5-6-7-8-9-29-12-20-33(21-13-29)34-22-14-30(15-23-34)10-11-31-16-24-35(25-17-31)36-26-18-32(28-37)19-27-36/h18-19,26-27,29-31,33-35H,2-17,20-25,28H2,1H3/t29-,30?,31-,33-,34?,35-. The maximum atomic E-state index is 12.8. The summed E-state index contributed by atoms with van der Waals surface area (Å²) in [7, 11) is 0. The van der Waals surface area contributed by atoms with Gasteiger partial charge in [-0.05, 0) is 98.0 Å². The summed E-state index contributed by atoms with van der Waals surface area (Å²) in [5.41, 5.74) is 2.26. The number of hydrogen-bond acceptors (Lipinski definition) is 0. The molecule has 0 saturated heterocycles. The molecule has 0 atom stereocenters. The third kappa shape index (κ3) is 9.69. The molecule has 0 aromatic heterocycles. The molecule has 1 heteroatoms. The lowest BCUT2D eigenvalue weighted by Gasteiger charge is -2.38. The van der Waals surface area contributed by atoms with Crippen LogP contribution in [-0.4, -0.2) is 0 Å². The van der Waals surface area contributed by atoms with Crippen LogP contribution in [0.4, 0.5) is 4.39 Å². The van der Waals surface area contributed by atoms with Gasteiger partial charge in [0.25, 0.3) is 0 Å². The molecule has 0 radical (unpaired) electrons. The van der Waals surface area contributed by atoms with Crippen LogP contribution in [0.2, 0.25) is 0 Å². The number of halogens is 1. The summed E-state index contributed by atoms with van der Waals surface area (Å²) in [6.07, 6.45) is 32.6. The Morgan fingerprint density at radius 3 is 1.51 bits per heavy atom. The van der Waals surface area contributed by atoms with E-state index in [0.29, 0.717) is 5.92 Å². The molecule has 0 spiro atoms. The molecule has 3 aliphatic carbocycles. The van der Waals surface area contributed by atoms with E-state index in [1.165, 1.54) is 108 Å². The van der Waals surface area contributed by atoms with Crippen LogP contribution in [0.3, 0.4) is 0 Å². The Morgan fingerprint density at radius 2 is 1.00 bits per heavy atom. The Hall–Kier alpha value is -0.850. The minimum absolute atomic E-state index is 0.338. The van der Waals surface area contributed by atoms with E-state index < -0.39 is 0 Å². The summed E-state index contributed by atoms with van der Waals surface area (Å²) >= 11 is 0.